The van der Waals surface area contributed by atoms with Crippen LogP contribution in [0.25, 0.3) is 17.1 Å². The SMILES string of the molecule is Cc1ccc(-n2c(SCC(=O)N/N=C/c3cccnc3)nnc2-c2ccncc2)cc1. The largest absolute Gasteiger partial charge is 0.272 e. The smallest absolute Gasteiger partial charge is 0.250 e. The van der Waals surface area contributed by atoms with E-state index < -0.39 is 0 Å². The Morgan fingerprint density at radius 2 is 1.87 bits per heavy atom. The number of rotatable bonds is 7. The Bertz CT molecular complexity index is 1180. The molecule has 0 radical (unpaired) electrons. The molecule has 4 rings (SSSR count). The van der Waals surface area contributed by atoms with Gasteiger partial charge in [-0.2, -0.15) is 5.10 Å². The number of amides is 1. The van der Waals surface area contributed by atoms with Crippen molar-refractivity contribution < 1.29 is 4.79 Å². The lowest BCUT2D eigenvalue weighted by Crippen LogP contribution is -2.20. The van der Waals surface area contributed by atoms with E-state index >= 15 is 0 Å². The van der Waals surface area contributed by atoms with Crippen LogP contribution in [0.3, 0.4) is 0 Å². The third-order valence-corrected chi connectivity index (χ3v) is 5.21. The van der Waals surface area contributed by atoms with Gasteiger partial charge in [0.05, 0.1) is 12.0 Å². The van der Waals surface area contributed by atoms with Gasteiger partial charge < -0.3 is 0 Å². The number of thioether (sulfide) groups is 1. The molecule has 3 aromatic heterocycles. The van der Waals surface area contributed by atoms with Gasteiger partial charge in [-0.25, -0.2) is 5.43 Å². The summed E-state index contributed by atoms with van der Waals surface area (Å²) in [6, 6.07) is 15.5. The summed E-state index contributed by atoms with van der Waals surface area (Å²) >= 11 is 1.29. The molecule has 31 heavy (non-hydrogen) atoms. The summed E-state index contributed by atoms with van der Waals surface area (Å²) in [5.41, 5.74) is 6.29. The lowest BCUT2D eigenvalue weighted by atomic mass is 10.2. The van der Waals surface area contributed by atoms with Crippen LogP contribution >= 0.6 is 11.8 Å². The van der Waals surface area contributed by atoms with Gasteiger partial charge in [-0.1, -0.05) is 35.5 Å². The van der Waals surface area contributed by atoms with Crippen LogP contribution in [-0.2, 0) is 4.79 Å². The van der Waals surface area contributed by atoms with E-state index in [1.54, 1.807) is 37.1 Å². The molecule has 1 N–H and O–H groups in total. The first kappa shape index (κ1) is 20.4. The fourth-order valence-corrected chi connectivity index (χ4v) is 3.52. The molecule has 0 aliphatic rings. The van der Waals surface area contributed by atoms with E-state index in [1.807, 2.05) is 54.0 Å². The average molecular weight is 430 g/mol. The first-order valence-electron chi connectivity index (χ1n) is 9.48. The number of pyridine rings is 2. The summed E-state index contributed by atoms with van der Waals surface area (Å²) in [6.45, 7) is 2.03. The zero-order chi connectivity index (χ0) is 21.5. The number of carbonyl (C=O) groups is 1. The minimum absolute atomic E-state index is 0.144. The molecule has 0 saturated heterocycles. The molecule has 0 atom stereocenters. The number of benzene rings is 1. The van der Waals surface area contributed by atoms with Gasteiger partial charge in [0.15, 0.2) is 11.0 Å². The number of nitrogens with one attached hydrogen (secondary N) is 1. The summed E-state index contributed by atoms with van der Waals surface area (Å²) in [5, 5.41) is 13.3. The standard InChI is InChI=1S/C22H19N7OS/c1-16-4-6-19(7-5-16)29-21(18-8-11-23-12-9-18)27-28-22(29)31-15-20(30)26-25-14-17-3-2-10-24-13-17/h2-14H,15H2,1H3,(H,26,30)/b25-14+. The predicted molar refractivity (Wildman–Crippen MR) is 120 cm³/mol. The molecule has 3 heterocycles. The minimum atomic E-state index is -0.242. The first-order chi connectivity index (χ1) is 15.2. The summed E-state index contributed by atoms with van der Waals surface area (Å²) in [7, 11) is 0. The maximum Gasteiger partial charge on any atom is 0.250 e. The van der Waals surface area contributed by atoms with E-state index in [-0.39, 0.29) is 11.7 Å². The number of hydrazone groups is 1. The van der Waals surface area contributed by atoms with Crippen molar-refractivity contribution in [2.24, 2.45) is 5.10 Å². The monoisotopic (exact) mass is 429 g/mol. The molecule has 4 aromatic rings. The fourth-order valence-electron chi connectivity index (χ4n) is 2.77. The zero-order valence-electron chi connectivity index (χ0n) is 16.7. The van der Waals surface area contributed by atoms with Gasteiger partial charge in [0.1, 0.15) is 0 Å². The van der Waals surface area contributed by atoms with Crippen LogP contribution in [0, 0.1) is 6.92 Å². The van der Waals surface area contributed by atoms with E-state index in [2.05, 4.69) is 30.7 Å². The molecule has 9 heteroatoms. The number of hydrogen-bond donors (Lipinski definition) is 1. The molecule has 0 spiro atoms. The van der Waals surface area contributed by atoms with Gasteiger partial charge in [-0.05, 0) is 37.3 Å². The average Bonchev–Trinajstić information content (AvgIpc) is 3.23. The van der Waals surface area contributed by atoms with Gasteiger partial charge in [0.2, 0.25) is 0 Å². The number of nitrogens with zero attached hydrogens (tertiary/aromatic N) is 6. The van der Waals surface area contributed by atoms with E-state index in [4.69, 9.17) is 0 Å². The van der Waals surface area contributed by atoms with Crippen molar-refractivity contribution >= 4 is 23.9 Å². The highest BCUT2D eigenvalue weighted by Crippen LogP contribution is 2.27. The molecule has 8 nitrogen and oxygen atoms in total. The molecule has 0 fully saturated rings. The highest BCUT2D eigenvalue weighted by molar-refractivity contribution is 7.99. The topological polar surface area (TPSA) is 98.0 Å². The Labute approximate surface area is 183 Å². The Hall–Kier alpha value is -3.85. The van der Waals surface area contributed by atoms with Crippen LogP contribution in [0.5, 0.6) is 0 Å². The number of hydrogen-bond acceptors (Lipinski definition) is 7. The van der Waals surface area contributed by atoms with Gasteiger partial charge in [-0.3, -0.25) is 19.3 Å². The van der Waals surface area contributed by atoms with Crippen LogP contribution in [-0.4, -0.2) is 42.6 Å². The second-order valence-electron chi connectivity index (χ2n) is 6.58. The molecule has 0 saturated carbocycles. The lowest BCUT2D eigenvalue weighted by Gasteiger charge is -2.10. The predicted octanol–water partition coefficient (Wildman–Crippen LogP) is 3.28. The molecular formula is C22H19N7OS. The molecule has 0 aliphatic heterocycles. The van der Waals surface area contributed by atoms with E-state index in [1.165, 1.54) is 11.8 Å². The maximum atomic E-state index is 12.2. The van der Waals surface area contributed by atoms with Crippen LogP contribution in [0.2, 0.25) is 0 Å². The van der Waals surface area contributed by atoms with Crippen LogP contribution in [0.4, 0.5) is 0 Å². The first-order valence-corrected chi connectivity index (χ1v) is 10.5. The van der Waals surface area contributed by atoms with Crippen molar-refractivity contribution in [3.63, 3.8) is 0 Å². The maximum absolute atomic E-state index is 12.2. The van der Waals surface area contributed by atoms with E-state index in [0.717, 1.165) is 22.4 Å². The van der Waals surface area contributed by atoms with Crippen molar-refractivity contribution in [2.75, 3.05) is 5.75 Å². The van der Waals surface area contributed by atoms with Crippen molar-refractivity contribution in [1.29, 1.82) is 0 Å². The van der Waals surface area contributed by atoms with Crippen molar-refractivity contribution in [1.82, 2.24) is 30.2 Å². The minimum Gasteiger partial charge on any atom is -0.272 e. The summed E-state index contributed by atoms with van der Waals surface area (Å²) < 4.78 is 1.94. The van der Waals surface area contributed by atoms with Crippen LogP contribution < -0.4 is 5.43 Å². The summed E-state index contributed by atoms with van der Waals surface area (Å²) in [4.78, 5) is 20.3. The normalized spacial score (nSPS) is 11.0. The van der Waals surface area contributed by atoms with Crippen molar-refractivity contribution in [2.45, 2.75) is 12.1 Å². The lowest BCUT2D eigenvalue weighted by molar-refractivity contribution is -0.118. The third-order valence-electron chi connectivity index (χ3n) is 4.28. The second-order valence-corrected chi connectivity index (χ2v) is 7.52. The highest BCUT2D eigenvalue weighted by atomic mass is 32.2. The van der Waals surface area contributed by atoms with E-state index in [9.17, 15) is 4.79 Å². The number of aryl methyl sites for hydroxylation is 1. The van der Waals surface area contributed by atoms with Crippen LogP contribution in [0.1, 0.15) is 11.1 Å². The molecule has 1 amide bonds. The fraction of sp³-hybridized carbons (Fsp3) is 0.0909. The Morgan fingerprint density at radius 1 is 1.06 bits per heavy atom. The molecule has 0 unspecified atom stereocenters. The second kappa shape index (κ2) is 9.77. The van der Waals surface area contributed by atoms with Crippen molar-refractivity contribution in [3.8, 4) is 17.1 Å². The Kier molecular flexibility index (Phi) is 6.44. The van der Waals surface area contributed by atoms with Gasteiger partial charge in [0.25, 0.3) is 5.91 Å². The Morgan fingerprint density at radius 3 is 2.61 bits per heavy atom. The number of carbonyl (C=O) groups excluding carboxylic acids is 1. The number of aromatic nitrogens is 5. The van der Waals surface area contributed by atoms with Gasteiger partial charge >= 0.3 is 0 Å². The third kappa shape index (κ3) is 5.20. The molecule has 0 bridgehead atoms. The molecule has 1 aromatic carbocycles. The molecule has 0 aliphatic carbocycles. The summed E-state index contributed by atoms with van der Waals surface area (Å²) in [6.07, 6.45) is 8.31. The molecular weight excluding hydrogens is 410 g/mol. The zero-order valence-corrected chi connectivity index (χ0v) is 17.5. The van der Waals surface area contributed by atoms with Crippen LogP contribution in [0.15, 0.2) is 83.6 Å². The Balaban J connectivity index is 1.51. The van der Waals surface area contributed by atoms with Crippen molar-refractivity contribution in [3.05, 3.63) is 84.4 Å². The van der Waals surface area contributed by atoms with E-state index in [0.29, 0.717) is 11.0 Å². The van der Waals surface area contributed by atoms with Gasteiger partial charge in [-0.15, -0.1) is 10.2 Å². The highest BCUT2D eigenvalue weighted by Gasteiger charge is 2.17. The summed E-state index contributed by atoms with van der Waals surface area (Å²) in [5.74, 6) is 0.586. The quantitative estimate of drug-likeness (QED) is 0.275. The molecule has 154 valence electrons. The van der Waals surface area contributed by atoms with Gasteiger partial charge in [0, 0.05) is 41.6 Å².